The predicted octanol–water partition coefficient (Wildman–Crippen LogP) is 2.72. The lowest BCUT2D eigenvalue weighted by Gasteiger charge is -2.29. The third-order valence-electron chi connectivity index (χ3n) is 4.35. The third-order valence-corrected chi connectivity index (χ3v) is 4.60. The number of carbonyl (C=O) groups excluding carboxylic acids is 3. The second-order valence-corrected chi connectivity index (χ2v) is 6.52. The third kappa shape index (κ3) is 4.02. The van der Waals surface area contributed by atoms with E-state index in [1.54, 1.807) is 12.1 Å². The van der Waals surface area contributed by atoms with Crippen LogP contribution in [0.25, 0.3) is 0 Å². The van der Waals surface area contributed by atoms with Crippen molar-refractivity contribution < 1.29 is 29.0 Å². The topological polar surface area (TPSA) is 114 Å². The number of esters is 1. The number of rotatable bonds is 5. The lowest BCUT2D eigenvalue weighted by Crippen LogP contribution is -2.47. The Labute approximate surface area is 171 Å². The molecule has 0 saturated carbocycles. The van der Waals surface area contributed by atoms with Gasteiger partial charge in [-0.15, -0.1) is 0 Å². The molecule has 3 rings (SSSR count). The van der Waals surface area contributed by atoms with Crippen molar-refractivity contribution in [1.82, 2.24) is 10.6 Å². The van der Waals surface area contributed by atoms with Gasteiger partial charge in [0.1, 0.15) is 5.70 Å². The van der Waals surface area contributed by atoms with Gasteiger partial charge in [0.05, 0.1) is 25.8 Å². The molecule has 1 aliphatic heterocycles. The number of urea groups is 1. The van der Waals surface area contributed by atoms with E-state index < -0.39 is 23.8 Å². The number of methoxy groups -OCH3 is 2. The lowest BCUT2D eigenvalue weighted by molar-refractivity contribution is -0.136. The van der Waals surface area contributed by atoms with Crippen LogP contribution >= 0.6 is 11.6 Å². The molecule has 1 heterocycles. The Bertz CT molecular complexity index is 1020. The van der Waals surface area contributed by atoms with E-state index in [1.807, 2.05) is 0 Å². The molecule has 150 valence electrons. The van der Waals surface area contributed by atoms with Crippen LogP contribution in [0.5, 0.6) is 11.5 Å². The maximum Gasteiger partial charge on any atom is 0.355 e. The molecule has 0 saturated heterocycles. The van der Waals surface area contributed by atoms with Gasteiger partial charge in [0, 0.05) is 10.6 Å². The molecule has 2 amide bonds. The van der Waals surface area contributed by atoms with Crippen molar-refractivity contribution >= 4 is 29.4 Å². The van der Waals surface area contributed by atoms with Crippen molar-refractivity contribution in [3.63, 3.8) is 0 Å². The number of phenolic OH excluding ortho intramolecular Hbond substituents is 1. The zero-order chi connectivity index (χ0) is 21.1. The highest BCUT2D eigenvalue weighted by atomic mass is 35.5. The number of hydrogen-bond donors (Lipinski definition) is 3. The molecule has 0 unspecified atom stereocenters. The summed E-state index contributed by atoms with van der Waals surface area (Å²) in [5, 5.41) is 15.3. The quantitative estimate of drug-likeness (QED) is 0.510. The van der Waals surface area contributed by atoms with Crippen LogP contribution in [0.3, 0.4) is 0 Å². The molecule has 3 N–H and O–H groups in total. The number of benzene rings is 2. The predicted molar refractivity (Wildman–Crippen MR) is 104 cm³/mol. The van der Waals surface area contributed by atoms with Gasteiger partial charge in [-0.3, -0.25) is 4.79 Å². The minimum atomic E-state index is -0.990. The number of ether oxygens (including phenoxy) is 2. The van der Waals surface area contributed by atoms with Gasteiger partial charge in [0.15, 0.2) is 17.3 Å². The highest BCUT2D eigenvalue weighted by Gasteiger charge is 2.36. The fourth-order valence-electron chi connectivity index (χ4n) is 2.95. The maximum absolute atomic E-state index is 13.3. The van der Waals surface area contributed by atoms with Crippen molar-refractivity contribution in [3.8, 4) is 11.5 Å². The molecule has 1 atom stereocenters. The molecule has 0 spiro atoms. The molecular formula is C20H17ClN2O6. The minimum absolute atomic E-state index is 0.0217. The summed E-state index contributed by atoms with van der Waals surface area (Å²) < 4.78 is 9.85. The number of amides is 2. The van der Waals surface area contributed by atoms with Crippen molar-refractivity contribution in [1.29, 1.82) is 0 Å². The number of ketones is 1. The molecule has 8 nitrogen and oxygen atoms in total. The summed E-state index contributed by atoms with van der Waals surface area (Å²) >= 11 is 5.89. The minimum Gasteiger partial charge on any atom is -0.504 e. The lowest BCUT2D eigenvalue weighted by atomic mass is 9.89. The first-order chi connectivity index (χ1) is 13.8. The summed E-state index contributed by atoms with van der Waals surface area (Å²) in [6, 6.07) is 8.78. The van der Waals surface area contributed by atoms with Crippen molar-refractivity contribution in [3.05, 3.63) is 69.9 Å². The monoisotopic (exact) mass is 416 g/mol. The van der Waals surface area contributed by atoms with Crippen LogP contribution in [0.1, 0.15) is 22.0 Å². The largest absolute Gasteiger partial charge is 0.504 e. The van der Waals surface area contributed by atoms with Crippen molar-refractivity contribution in [2.75, 3.05) is 14.2 Å². The van der Waals surface area contributed by atoms with Gasteiger partial charge in [-0.2, -0.15) is 0 Å². The summed E-state index contributed by atoms with van der Waals surface area (Å²) in [5.74, 6) is -1.34. The Morgan fingerprint density at radius 1 is 1.10 bits per heavy atom. The zero-order valence-corrected chi connectivity index (χ0v) is 16.2. The van der Waals surface area contributed by atoms with Gasteiger partial charge < -0.3 is 25.2 Å². The van der Waals surface area contributed by atoms with E-state index in [1.165, 1.54) is 37.4 Å². The van der Waals surface area contributed by atoms with Crippen LogP contribution in [0.15, 0.2) is 53.7 Å². The number of hydrogen-bond acceptors (Lipinski definition) is 6. The summed E-state index contributed by atoms with van der Waals surface area (Å²) in [7, 11) is 2.52. The molecule has 0 radical (unpaired) electrons. The van der Waals surface area contributed by atoms with Crippen molar-refractivity contribution in [2.45, 2.75) is 6.04 Å². The van der Waals surface area contributed by atoms with Gasteiger partial charge in [-0.05, 0) is 42.0 Å². The summed E-state index contributed by atoms with van der Waals surface area (Å²) in [4.78, 5) is 37.8. The molecule has 29 heavy (non-hydrogen) atoms. The van der Waals surface area contributed by atoms with Crippen LogP contribution in [0, 0.1) is 0 Å². The highest BCUT2D eigenvalue weighted by Crippen LogP contribution is 2.35. The smallest absolute Gasteiger partial charge is 0.355 e. The molecule has 0 aliphatic carbocycles. The highest BCUT2D eigenvalue weighted by molar-refractivity contribution is 6.30. The fraction of sp³-hybridized carbons (Fsp3) is 0.150. The van der Waals surface area contributed by atoms with Crippen LogP contribution in [0.2, 0.25) is 5.02 Å². The van der Waals surface area contributed by atoms with E-state index in [9.17, 15) is 19.5 Å². The van der Waals surface area contributed by atoms with E-state index >= 15 is 0 Å². The molecule has 0 fully saturated rings. The van der Waals surface area contributed by atoms with E-state index in [0.29, 0.717) is 10.6 Å². The van der Waals surface area contributed by atoms with Gasteiger partial charge >= 0.3 is 12.0 Å². The SMILES string of the molecule is COC(=O)C1=C(C(=O)c2ccc(Cl)cc2)[C@@H](c2ccc(O)c(OC)c2)NC(=O)N1. The normalized spacial score (nSPS) is 16.0. The second kappa shape index (κ2) is 8.24. The van der Waals surface area contributed by atoms with Crippen LogP contribution in [0.4, 0.5) is 4.79 Å². The van der Waals surface area contributed by atoms with E-state index in [0.717, 1.165) is 7.11 Å². The first-order valence-corrected chi connectivity index (χ1v) is 8.80. The van der Waals surface area contributed by atoms with Gasteiger partial charge in [0.25, 0.3) is 0 Å². The molecule has 0 aromatic heterocycles. The second-order valence-electron chi connectivity index (χ2n) is 6.08. The summed E-state index contributed by atoms with van der Waals surface area (Å²) in [6.45, 7) is 0. The zero-order valence-electron chi connectivity index (χ0n) is 15.5. The molecule has 9 heteroatoms. The number of halogens is 1. The van der Waals surface area contributed by atoms with Gasteiger partial charge in [-0.1, -0.05) is 17.7 Å². The van der Waals surface area contributed by atoms with Crippen molar-refractivity contribution in [2.24, 2.45) is 0 Å². The number of nitrogens with one attached hydrogen (secondary N) is 2. The van der Waals surface area contributed by atoms with Crippen LogP contribution in [-0.4, -0.2) is 37.1 Å². The standard InChI is InChI=1S/C20H17ClN2O6/c1-28-14-9-11(5-8-13(14)24)16-15(17(19(26)29-2)23-20(27)22-16)18(25)10-3-6-12(21)7-4-10/h3-9,16,24H,1-2H3,(H2,22,23,27)/t16-/m1/s1. The van der Waals surface area contributed by atoms with Gasteiger partial charge in [0.2, 0.25) is 0 Å². The maximum atomic E-state index is 13.3. The first kappa shape index (κ1) is 20.2. The summed E-state index contributed by atoms with van der Waals surface area (Å²) in [5.41, 5.74) is 0.396. The van der Waals surface area contributed by atoms with E-state index in [2.05, 4.69) is 10.6 Å². The number of phenols is 1. The van der Waals surface area contributed by atoms with Crippen LogP contribution in [-0.2, 0) is 9.53 Å². The average molecular weight is 417 g/mol. The fourth-order valence-corrected chi connectivity index (χ4v) is 3.08. The number of carbonyl (C=O) groups is 3. The number of Topliss-reactive ketones (excluding diaryl/α,β-unsaturated/α-hetero) is 1. The molecular weight excluding hydrogens is 400 g/mol. The molecule has 1 aliphatic rings. The molecule has 0 bridgehead atoms. The Balaban J connectivity index is 2.19. The number of aromatic hydroxyl groups is 1. The van der Waals surface area contributed by atoms with Gasteiger partial charge in [-0.25, -0.2) is 9.59 Å². The molecule has 2 aromatic carbocycles. The first-order valence-electron chi connectivity index (χ1n) is 8.43. The van der Waals surface area contributed by atoms with E-state index in [4.69, 9.17) is 21.1 Å². The Kier molecular flexibility index (Phi) is 5.74. The Morgan fingerprint density at radius 2 is 1.79 bits per heavy atom. The Hall–Kier alpha value is -3.52. The average Bonchev–Trinajstić information content (AvgIpc) is 2.73. The van der Waals surface area contributed by atoms with Crippen LogP contribution < -0.4 is 15.4 Å². The Morgan fingerprint density at radius 3 is 2.41 bits per heavy atom. The molecule has 2 aromatic rings. The summed E-state index contributed by atoms with van der Waals surface area (Å²) in [6.07, 6.45) is 0. The van der Waals surface area contributed by atoms with E-state index in [-0.39, 0.29) is 28.3 Å².